The lowest BCUT2D eigenvalue weighted by Gasteiger charge is -2.37. The van der Waals surface area contributed by atoms with Crippen LogP contribution in [0.1, 0.15) is 56.4 Å². The predicted molar refractivity (Wildman–Crippen MR) is 84.3 cm³/mol. The van der Waals surface area contributed by atoms with E-state index in [0.29, 0.717) is 17.6 Å². The number of carbonyl (C=O) groups excluding carboxylic acids is 1. The Hall–Kier alpha value is -1.15. The van der Waals surface area contributed by atoms with Gasteiger partial charge in [0.05, 0.1) is 5.54 Å². The van der Waals surface area contributed by atoms with Crippen LogP contribution in [-0.4, -0.2) is 29.3 Å². The van der Waals surface area contributed by atoms with Gasteiger partial charge in [0.1, 0.15) is 0 Å². The van der Waals surface area contributed by atoms with E-state index >= 15 is 0 Å². The molecule has 2 saturated carbocycles. The first kappa shape index (κ1) is 13.5. The van der Waals surface area contributed by atoms with E-state index in [2.05, 4.69) is 35.2 Å². The monoisotopic (exact) mass is 283 g/mol. The summed E-state index contributed by atoms with van der Waals surface area (Å²) in [5.74, 6) is 1.38. The Morgan fingerprint density at radius 1 is 1.00 bits per heavy atom. The van der Waals surface area contributed by atoms with Crippen molar-refractivity contribution < 1.29 is 4.79 Å². The molecule has 2 atom stereocenters. The zero-order valence-corrected chi connectivity index (χ0v) is 12.8. The normalized spacial score (nSPS) is 31.4. The summed E-state index contributed by atoms with van der Waals surface area (Å²) in [7, 11) is 0. The number of ketones is 1. The Morgan fingerprint density at radius 2 is 1.67 bits per heavy atom. The zero-order valence-electron chi connectivity index (χ0n) is 12.8. The molecule has 4 rings (SSSR count). The molecule has 2 unspecified atom stereocenters. The molecule has 1 saturated heterocycles. The minimum Gasteiger partial charge on any atom is -0.297 e. The van der Waals surface area contributed by atoms with Crippen LogP contribution in [0.3, 0.4) is 0 Å². The third-order valence-corrected chi connectivity index (χ3v) is 5.96. The summed E-state index contributed by atoms with van der Waals surface area (Å²) < 4.78 is 0. The van der Waals surface area contributed by atoms with E-state index < -0.39 is 0 Å². The quantitative estimate of drug-likeness (QED) is 0.838. The summed E-state index contributed by atoms with van der Waals surface area (Å²) in [5.41, 5.74) is 1.29. The van der Waals surface area contributed by atoms with Crippen LogP contribution in [0.15, 0.2) is 30.3 Å². The fraction of sp³-hybridized carbons (Fsp3) is 0.632. The standard InChI is InChI=1S/C19H25NO/c21-18(17-14-16(17)15-8-2-1-3-9-15)19(10-4-5-11-19)20-12-6-7-13-20/h1-3,8-9,16-17H,4-7,10-14H2. The van der Waals surface area contributed by atoms with Crippen LogP contribution in [-0.2, 0) is 4.79 Å². The van der Waals surface area contributed by atoms with Gasteiger partial charge in [0.15, 0.2) is 5.78 Å². The molecule has 1 aromatic rings. The molecule has 2 nitrogen and oxygen atoms in total. The average molecular weight is 283 g/mol. The Labute approximate surface area is 127 Å². The lowest BCUT2D eigenvalue weighted by molar-refractivity contribution is -0.132. The first-order valence-electron chi connectivity index (χ1n) is 8.66. The van der Waals surface area contributed by atoms with Crippen molar-refractivity contribution >= 4 is 5.78 Å². The van der Waals surface area contributed by atoms with E-state index in [9.17, 15) is 4.79 Å². The molecule has 1 aliphatic heterocycles. The Morgan fingerprint density at radius 3 is 2.33 bits per heavy atom. The molecule has 0 N–H and O–H groups in total. The number of Topliss-reactive ketones (excluding diaryl/α,β-unsaturated/α-hetero) is 1. The van der Waals surface area contributed by atoms with Gasteiger partial charge in [-0.1, -0.05) is 43.2 Å². The van der Waals surface area contributed by atoms with Gasteiger partial charge in [-0.05, 0) is 56.7 Å². The summed E-state index contributed by atoms with van der Waals surface area (Å²) in [6.07, 6.45) is 8.35. The second kappa shape index (κ2) is 5.24. The van der Waals surface area contributed by atoms with Gasteiger partial charge in [-0.2, -0.15) is 0 Å². The highest BCUT2D eigenvalue weighted by atomic mass is 16.1. The minimum atomic E-state index is -0.0787. The second-order valence-electron chi connectivity index (χ2n) is 7.16. The fourth-order valence-electron chi connectivity index (χ4n) is 4.72. The van der Waals surface area contributed by atoms with Crippen molar-refractivity contribution in [1.82, 2.24) is 4.90 Å². The molecule has 3 aliphatic rings. The largest absolute Gasteiger partial charge is 0.297 e. The Kier molecular flexibility index (Phi) is 3.37. The number of likely N-dealkylation sites (tertiary alicyclic amines) is 1. The van der Waals surface area contributed by atoms with E-state index in [1.54, 1.807) is 0 Å². The molecule has 21 heavy (non-hydrogen) atoms. The number of nitrogens with zero attached hydrogens (tertiary/aromatic N) is 1. The number of benzene rings is 1. The summed E-state index contributed by atoms with van der Waals surface area (Å²) >= 11 is 0. The number of hydrogen-bond donors (Lipinski definition) is 0. The fourth-order valence-corrected chi connectivity index (χ4v) is 4.72. The van der Waals surface area contributed by atoms with Gasteiger partial charge < -0.3 is 0 Å². The van der Waals surface area contributed by atoms with Crippen molar-refractivity contribution in [1.29, 1.82) is 0 Å². The van der Waals surface area contributed by atoms with Crippen molar-refractivity contribution in [3.8, 4) is 0 Å². The van der Waals surface area contributed by atoms with Gasteiger partial charge in [0.2, 0.25) is 0 Å². The molecule has 3 fully saturated rings. The van der Waals surface area contributed by atoms with Gasteiger partial charge in [0, 0.05) is 5.92 Å². The number of rotatable bonds is 4. The molecule has 0 aromatic heterocycles. The zero-order chi connectivity index (χ0) is 14.3. The molecule has 1 aromatic carbocycles. The van der Waals surface area contributed by atoms with Crippen molar-refractivity contribution in [2.75, 3.05) is 13.1 Å². The van der Waals surface area contributed by atoms with Crippen molar-refractivity contribution in [3.05, 3.63) is 35.9 Å². The van der Waals surface area contributed by atoms with Crippen LogP contribution in [0.4, 0.5) is 0 Å². The smallest absolute Gasteiger partial charge is 0.156 e. The van der Waals surface area contributed by atoms with E-state index in [4.69, 9.17) is 0 Å². The molecular formula is C19H25NO. The maximum atomic E-state index is 13.3. The second-order valence-corrected chi connectivity index (χ2v) is 7.16. The van der Waals surface area contributed by atoms with E-state index in [-0.39, 0.29) is 5.54 Å². The first-order valence-corrected chi connectivity index (χ1v) is 8.66. The van der Waals surface area contributed by atoms with Crippen molar-refractivity contribution in [2.45, 2.75) is 56.4 Å². The van der Waals surface area contributed by atoms with Gasteiger partial charge in [-0.15, -0.1) is 0 Å². The molecule has 0 amide bonds. The van der Waals surface area contributed by atoms with E-state index in [0.717, 1.165) is 32.4 Å². The number of carbonyl (C=O) groups is 1. The number of hydrogen-bond acceptors (Lipinski definition) is 2. The topological polar surface area (TPSA) is 20.3 Å². The maximum Gasteiger partial charge on any atom is 0.156 e. The molecule has 0 bridgehead atoms. The first-order chi connectivity index (χ1) is 10.3. The summed E-state index contributed by atoms with van der Waals surface area (Å²) in [5, 5.41) is 0. The average Bonchev–Trinajstić information content (AvgIpc) is 2.94. The highest BCUT2D eigenvalue weighted by Crippen LogP contribution is 2.53. The summed E-state index contributed by atoms with van der Waals surface area (Å²) in [6, 6.07) is 10.6. The molecule has 2 heteroatoms. The molecule has 2 aliphatic carbocycles. The summed E-state index contributed by atoms with van der Waals surface area (Å²) in [6.45, 7) is 2.29. The molecule has 112 valence electrons. The van der Waals surface area contributed by atoms with E-state index in [1.807, 2.05) is 0 Å². The Bertz CT molecular complexity index is 512. The van der Waals surface area contributed by atoms with Gasteiger partial charge in [0.25, 0.3) is 0 Å². The highest BCUT2D eigenvalue weighted by Gasteiger charge is 2.55. The van der Waals surface area contributed by atoms with Crippen LogP contribution in [0.2, 0.25) is 0 Å². The van der Waals surface area contributed by atoms with Gasteiger partial charge in [-0.3, -0.25) is 9.69 Å². The summed E-state index contributed by atoms with van der Waals surface area (Å²) in [4.78, 5) is 15.8. The maximum absolute atomic E-state index is 13.3. The lowest BCUT2D eigenvalue weighted by Crippen LogP contribution is -2.52. The van der Waals surface area contributed by atoms with Crippen molar-refractivity contribution in [2.24, 2.45) is 5.92 Å². The molecule has 0 radical (unpaired) electrons. The SMILES string of the molecule is O=C(C1CC1c1ccccc1)C1(N2CCCC2)CCCC1. The van der Waals surface area contributed by atoms with Crippen LogP contribution in [0, 0.1) is 5.92 Å². The van der Waals surface area contributed by atoms with Gasteiger partial charge >= 0.3 is 0 Å². The van der Waals surface area contributed by atoms with Gasteiger partial charge in [-0.25, -0.2) is 0 Å². The molecule has 1 heterocycles. The molecular weight excluding hydrogens is 258 g/mol. The predicted octanol–water partition coefficient (Wildman–Crippen LogP) is 3.77. The third-order valence-electron chi connectivity index (χ3n) is 5.96. The Balaban J connectivity index is 1.53. The van der Waals surface area contributed by atoms with Crippen molar-refractivity contribution in [3.63, 3.8) is 0 Å². The lowest BCUT2D eigenvalue weighted by atomic mass is 9.86. The van der Waals surface area contributed by atoms with Crippen LogP contribution in [0.5, 0.6) is 0 Å². The third kappa shape index (κ3) is 2.24. The minimum absolute atomic E-state index is 0.0787. The highest BCUT2D eigenvalue weighted by molar-refractivity contribution is 5.94. The van der Waals surface area contributed by atoms with E-state index in [1.165, 1.54) is 31.2 Å². The molecule has 0 spiro atoms. The van der Waals surface area contributed by atoms with Crippen LogP contribution in [0.25, 0.3) is 0 Å². The van der Waals surface area contributed by atoms with Crippen LogP contribution < -0.4 is 0 Å². The van der Waals surface area contributed by atoms with Crippen LogP contribution >= 0.6 is 0 Å².